The number of amides is 1. The zero-order chi connectivity index (χ0) is 24.6. The Labute approximate surface area is 198 Å². The minimum absolute atomic E-state index is 0.0455. The van der Waals surface area contributed by atoms with Crippen LogP contribution in [0.25, 0.3) is 0 Å². The van der Waals surface area contributed by atoms with Crippen molar-refractivity contribution in [3.63, 3.8) is 0 Å². The van der Waals surface area contributed by atoms with Gasteiger partial charge >= 0.3 is 0 Å². The van der Waals surface area contributed by atoms with Crippen LogP contribution in [0.4, 0.5) is 0 Å². The molecule has 1 aromatic carbocycles. The number of nitrogens with one attached hydrogen (secondary N) is 3. The standard InChI is InChI=1S/C23H35N3O8/c1-11-9-14(26-15(27)10-12-7-5-6-8-13(12)31-4)23(30)22(32-11)33-21-19(29)16(24-2)18(28)17(25-3)20(21)34-23/h5-8,11,14,16-22,24-25,28-30H,9-10H2,1-4H3,(H,26,27)/t11-,14?,16-,17?,18+,19+,20?,21?,22?,23?/m1/s1. The number of aliphatic hydroxyl groups excluding tert-OH is 2. The lowest BCUT2D eigenvalue weighted by molar-refractivity contribution is -0.449. The number of benzene rings is 1. The molecule has 1 aromatic rings. The van der Waals surface area contributed by atoms with E-state index in [4.69, 9.17) is 18.9 Å². The third-order valence-corrected chi connectivity index (χ3v) is 7.03. The molecule has 11 nitrogen and oxygen atoms in total. The summed E-state index contributed by atoms with van der Waals surface area (Å²) in [4.78, 5) is 12.9. The quantitative estimate of drug-likeness (QED) is 0.276. The Kier molecular flexibility index (Phi) is 7.46. The van der Waals surface area contributed by atoms with E-state index < -0.39 is 54.6 Å². The fourth-order valence-electron chi connectivity index (χ4n) is 5.28. The van der Waals surface area contributed by atoms with Gasteiger partial charge in [-0.2, -0.15) is 0 Å². The van der Waals surface area contributed by atoms with Gasteiger partial charge in [0.15, 0.2) is 0 Å². The monoisotopic (exact) mass is 481 g/mol. The number of likely N-dealkylation sites (N-methyl/N-ethyl adjacent to an activating group) is 2. The molecule has 3 fully saturated rings. The third-order valence-electron chi connectivity index (χ3n) is 7.03. The molecule has 2 heterocycles. The number of hydrogen-bond acceptors (Lipinski definition) is 10. The van der Waals surface area contributed by atoms with Crippen LogP contribution in [0, 0.1) is 0 Å². The van der Waals surface area contributed by atoms with Crippen LogP contribution in [0.1, 0.15) is 18.9 Å². The van der Waals surface area contributed by atoms with Crippen molar-refractivity contribution in [3.05, 3.63) is 29.8 Å². The lowest BCUT2D eigenvalue weighted by Crippen LogP contribution is -2.79. The first-order chi connectivity index (χ1) is 16.2. The molecule has 190 valence electrons. The first-order valence-corrected chi connectivity index (χ1v) is 11.6. The summed E-state index contributed by atoms with van der Waals surface area (Å²) in [6, 6.07) is 5.04. The summed E-state index contributed by atoms with van der Waals surface area (Å²) in [5.41, 5.74) is 0.707. The normalized spacial score (nSPS) is 41.8. The second-order valence-corrected chi connectivity index (χ2v) is 9.17. The second kappa shape index (κ2) is 10.0. The highest BCUT2D eigenvalue weighted by atomic mass is 16.8. The van der Waals surface area contributed by atoms with Crippen LogP contribution in [-0.4, -0.2) is 103 Å². The minimum atomic E-state index is -2.02. The Morgan fingerprint density at radius 1 is 1.12 bits per heavy atom. The predicted molar refractivity (Wildman–Crippen MR) is 120 cm³/mol. The highest BCUT2D eigenvalue weighted by Gasteiger charge is 2.63. The highest BCUT2D eigenvalue weighted by Crippen LogP contribution is 2.42. The number of hydrogen-bond donors (Lipinski definition) is 6. The van der Waals surface area contributed by atoms with Gasteiger partial charge in [0, 0.05) is 5.56 Å². The molecule has 1 amide bonds. The molecule has 10 atom stereocenters. The van der Waals surface area contributed by atoms with E-state index >= 15 is 0 Å². The molecule has 2 saturated heterocycles. The molecule has 2 aliphatic heterocycles. The molecule has 34 heavy (non-hydrogen) atoms. The van der Waals surface area contributed by atoms with E-state index in [1.54, 1.807) is 26.2 Å². The Bertz CT molecular complexity index is 874. The van der Waals surface area contributed by atoms with Crippen molar-refractivity contribution in [2.75, 3.05) is 21.2 Å². The number of rotatable bonds is 6. The van der Waals surface area contributed by atoms with Crippen LogP contribution in [-0.2, 0) is 25.4 Å². The van der Waals surface area contributed by atoms with Crippen molar-refractivity contribution in [1.82, 2.24) is 16.0 Å². The number of methoxy groups -OCH3 is 1. The first kappa shape index (κ1) is 25.3. The third kappa shape index (κ3) is 4.42. The molecular formula is C23H35N3O8. The fraction of sp³-hybridized carbons (Fsp3) is 0.696. The average molecular weight is 482 g/mol. The Hall–Kier alpha value is -1.83. The summed E-state index contributed by atoms with van der Waals surface area (Å²) in [6.07, 6.45) is -5.17. The van der Waals surface area contributed by atoms with Crippen molar-refractivity contribution in [2.24, 2.45) is 0 Å². The van der Waals surface area contributed by atoms with Crippen LogP contribution in [0.5, 0.6) is 5.75 Å². The van der Waals surface area contributed by atoms with Gasteiger partial charge in [-0.05, 0) is 33.5 Å². The maximum Gasteiger partial charge on any atom is 0.239 e. The summed E-state index contributed by atoms with van der Waals surface area (Å²) >= 11 is 0. The van der Waals surface area contributed by atoms with Crippen molar-refractivity contribution in [2.45, 2.75) is 80.5 Å². The van der Waals surface area contributed by atoms with E-state index in [1.807, 2.05) is 19.1 Å². The summed E-state index contributed by atoms with van der Waals surface area (Å²) in [6.45, 7) is 1.81. The maximum absolute atomic E-state index is 12.9. The summed E-state index contributed by atoms with van der Waals surface area (Å²) in [5, 5.41) is 42.0. The summed E-state index contributed by atoms with van der Waals surface area (Å²) in [7, 11) is 4.83. The van der Waals surface area contributed by atoms with E-state index in [0.29, 0.717) is 11.3 Å². The van der Waals surface area contributed by atoms with Crippen LogP contribution in [0.3, 0.4) is 0 Å². The van der Waals surface area contributed by atoms with Gasteiger partial charge in [-0.15, -0.1) is 0 Å². The fourth-order valence-corrected chi connectivity index (χ4v) is 5.28. The van der Waals surface area contributed by atoms with Crippen LogP contribution < -0.4 is 20.7 Å². The molecule has 0 bridgehead atoms. The molecule has 4 rings (SSSR count). The molecule has 0 radical (unpaired) electrons. The molecule has 3 aliphatic rings. The SMILES string of the molecule is CNC1C2OC3(O)C(NC(=O)Cc4ccccc4OC)C[C@@H](C)OC3OC2[C@@H](O)[C@H](NC)[C@@H]1O. The molecular weight excluding hydrogens is 446 g/mol. The second-order valence-electron chi connectivity index (χ2n) is 9.17. The number of para-hydroxylation sites is 1. The van der Waals surface area contributed by atoms with Crippen molar-refractivity contribution in [1.29, 1.82) is 0 Å². The molecule has 11 heteroatoms. The first-order valence-electron chi connectivity index (χ1n) is 11.6. The van der Waals surface area contributed by atoms with Gasteiger partial charge in [-0.1, -0.05) is 18.2 Å². The largest absolute Gasteiger partial charge is 0.496 e. The van der Waals surface area contributed by atoms with E-state index in [-0.39, 0.29) is 24.9 Å². The Balaban J connectivity index is 1.56. The van der Waals surface area contributed by atoms with Gasteiger partial charge in [0.05, 0.1) is 43.9 Å². The van der Waals surface area contributed by atoms with E-state index in [2.05, 4.69) is 16.0 Å². The number of carbonyl (C=O) groups is 1. The van der Waals surface area contributed by atoms with Gasteiger partial charge in [0.25, 0.3) is 0 Å². The molecule has 6 unspecified atom stereocenters. The van der Waals surface area contributed by atoms with Gasteiger partial charge in [0.1, 0.15) is 24.1 Å². The van der Waals surface area contributed by atoms with Gasteiger partial charge in [-0.3, -0.25) is 4.79 Å². The predicted octanol–water partition coefficient (Wildman–Crippen LogP) is -1.76. The smallest absolute Gasteiger partial charge is 0.239 e. The van der Waals surface area contributed by atoms with Crippen molar-refractivity contribution >= 4 is 5.91 Å². The molecule has 0 spiro atoms. The molecule has 6 N–H and O–H groups in total. The summed E-state index contributed by atoms with van der Waals surface area (Å²) in [5.74, 6) is -1.76. The lowest BCUT2D eigenvalue weighted by Gasteiger charge is -2.58. The number of carbonyl (C=O) groups excluding carboxylic acids is 1. The Morgan fingerprint density at radius 2 is 1.82 bits per heavy atom. The minimum Gasteiger partial charge on any atom is -0.496 e. The summed E-state index contributed by atoms with van der Waals surface area (Å²) < 4.78 is 23.3. The molecule has 1 saturated carbocycles. The average Bonchev–Trinajstić information content (AvgIpc) is 2.80. The number of ether oxygens (including phenoxy) is 4. The zero-order valence-corrected chi connectivity index (χ0v) is 19.8. The highest BCUT2D eigenvalue weighted by molar-refractivity contribution is 5.79. The number of aliphatic hydroxyl groups is 3. The lowest BCUT2D eigenvalue weighted by atomic mass is 9.79. The van der Waals surface area contributed by atoms with Gasteiger partial charge in [0.2, 0.25) is 18.0 Å². The van der Waals surface area contributed by atoms with Crippen LogP contribution >= 0.6 is 0 Å². The number of fused-ring (bicyclic) bond motifs is 2. The van der Waals surface area contributed by atoms with Crippen molar-refractivity contribution < 1.29 is 39.1 Å². The van der Waals surface area contributed by atoms with E-state index in [9.17, 15) is 20.1 Å². The topological polar surface area (TPSA) is 151 Å². The van der Waals surface area contributed by atoms with Gasteiger partial charge < -0.3 is 50.2 Å². The zero-order valence-electron chi connectivity index (χ0n) is 19.8. The van der Waals surface area contributed by atoms with Crippen LogP contribution in [0.2, 0.25) is 0 Å². The molecule has 1 aliphatic carbocycles. The van der Waals surface area contributed by atoms with Gasteiger partial charge in [-0.25, -0.2) is 0 Å². The Morgan fingerprint density at radius 3 is 2.50 bits per heavy atom. The maximum atomic E-state index is 12.9. The van der Waals surface area contributed by atoms with E-state index in [0.717, 1.165) is 0 Å². The van der Waals surface area contributed by atoms with Crippen molar-refractivity contribution in [3.8, 4) is 5.75 Å². The molecule has 0 aromatic heterocycles. The van der Waals surface area contributed by atoms with Crippen LogP contribution in [0.15, 0.2) is 24.3 Å². The van der Waals surface area contributed by atoms with E-state index in [1.165, 1.54) is 7.11 Å².